The highest BCUT2D eigenvalue weighted by atomic mass is 15.3. The Labute approximate surface area is 126 Å². The maximum absolute atomic E-state index is 6.13. The molecule has 0 atom stereocenters. The van der Waals surface area contributed by atoms with E-state index >= 15 is 0 Å². The number of aryl methyl sites for hydroxylation is 2. The van der Waals surface area contributed by atoms with Gasteiger partial charge in [-0.25, -0.2) is 0 Å². The number of aromatic nitrogens is 2. The number of nitrogens with two attached hydrogens (primary N) is 1. The van der Waals surface area contributed by atoms with Crippen molar-refractivity contribution in [2.45, 2.75) is 46.3 Å². The van der Waals surface area contributed by atoms with Crippen molar-refractivity contribution in [3.63, 3.8) is 0 Å². The molecule has 2 heterocycles. The highest BCUT2D eigenvalue weighted by Gasteiger charge is 2.19. The van der Waals surface area contributed by atoms with Crippen LogP contribution in [0.2, 0.25) is 0 Å². The Balaban J connectivity index is 1.78. The summed E-state index contributed by atoms with van der Waals surface area (Å²) in [5.41, 5.74) is 12.3. The summed E-state index contributed by atoms with van der Waals surface area (Å²) >= 11 is 0. The van der Waals surface area contributed by atoms with Crippen LogP contribution in [-0.2, 0) is 32.5 Å². The number of nitrogen functional groups attached to an aromatic ring is 1. The SMILES string of the molecule is CCc1cc(CN2CCc3cccc(N)c3C2)n(CC)n1. The van der Waals surface area contributed by atoms with E-state index in [1.54, 1.807) is 0 Å². The molecule has 0 amide bonds. The van der Waals surface area contributed by atoms with E-state index in [-0.39, 0.29) is 0 Å². The topological polar surface area (TPSA) is 47.1 Å². The number of hydrogen-bond donors (Lipinski definition) is 1. The van der Waals surface area contributed by atoms with E-state index < -0.39 is 0 Å². The molecule has 21 heavy (non-hydrogen) atoms. The van der Waals surface area contributed by atoms with Crippen molar-refractivity contribution in [2.75, 3.05) is 12.3 Å². The predicted molar refractivity (Wildman–Crippen MR) is 86.0 cm³/mol. The van der Waals surface area contributed by atoms with Crippen LogP contribution in [-0.4, -0.2) is 21.2 Å². The first kappa shape index (κ1) is 14.1. The molecule has 0 saturated carbocycles. The smallest absolute Gasteiger partial charge is 0.0625 e. The van der Waals surface area contributed by atoms with Crippen LogP contribution >= 0.6 is 0 Å². The minimum atomic E-state index is 0.926. The van der Waals surface area contributed by atoms with Crippen molar-refractivity contribution in [2.24, 2.45) is 0 Å². The molecule has 1 aliphatic heterocycles. The Bertz CT molecular complexity index is 630. The van der Waals surface area contributed by atoms with Crippen LogP contribution in [0.5, 0.6) is 0 Å². The first-order chi connectivity index (χ1) is 10.2. The molecule has 0 fully saturated rings. The zero-order valence-electron chi connectivity index (χ0n) is 13.0. The fraction of sp³-hybridized carbons (Fsp3) is 0.471. The quantitative estimate of drug-likeness (QED) is 0.878. The van der Waals surface area contributed by atoms with E-state index in [0.29, 0.717) is 0 Å². The summed E-state index contributed by atoms with van der Waals surface area (Å²) in [6, 6.07) is 8.51. The highest BCUT2D eigenvalue weighted by Crippen LogP contribution is 2.25. The first-order valence-corrected chi connectivity index (χ1v) is 7.85. The molecule has 2 N–H and O–H groups in total. The maximum Gasteiger partial charge on any atom is 0.0625 e. The third-order valence-corrected chi connectivity index (χ3v) is 4.35. The van der Waals surface area contributed by atoms with E-state index in [1.807, 2.05) is 6.07 Å². The van der Waals surface area contributed by atoms with Gasteiger partial charge in [0.05, 0.1) is 11.4 Å². The standard InChI is InChI=1S/C17H24N4/c1-3-14-10-15(21(4-2)19-14)11-20-9-8-13-6-5-7-17(18)16(13)12-20/h5-7,10H,3-4,8-9,11-12,18H2,1-2H3. The highest BCUT2D eigenvalue weighted by molar-refractivity contribution is 5.51. The number of anilines is 1. The number of fused-ring (bicyclic) bond motifs is 1. The van der Waals surface area contributed by atoms with Crippen molar-refractivity contribution in [1.82, 2.24) is 14.7 Å². The monoisotopic (exact) mass is 284 g/mol. The van der Waals surface area contributed by atoms with Gasteiger partial charge in [-0.15, -0.1) is 0 Å². The second kappa shape index (κ2) is 5.90. The van der Waals surface area contributed by atoms with Crippen molar-refractivity contribution in [3.05, 3.63) is 46.8 Å². The lowest BCUT2D eigenvalue weighted by molar-refractivity contribution is 0.238. The molecule has 1 aromatic carbocycles. The van der Waals surface area contributed by atoms with Gasteiger partial charge < -0.3 is 5.73 Å². The Morgan fingerprint density at radius 3 is 2.90 bits per heavy atom. The molecule has 112 valence electrons. The average molecular weight is 284 g/mol. The molecule has 0 saturated heterocycles. The van der Waals surface area contributed by atoms with Gasteiger partial charge in [-0.05, 0) is 43.0 Å². The molecular weight excluding hydrogens is 260 g/mol. The van der Waals surface area contributed by atoms with Crippen LogP contribution in [0.3, 0.4) is 0 Å². The summed E-state index contributed by atoms with van der Waals surface area (Å²) in [6.07, 6.45) is 2.08. The second-order valence-corrected chi connectivity index (χ2v) is 5.74. The maximum atomic E-state index is 6.13. The van der Waals surface area contributed by atoms with E-state index in [9.17, 15) is 0 Å². The molecular formula is C17H24N4. The van der Waals surface area contributed by atoms with E-state index in [1.165, 1.54) is 22.5 Å². The summed E-state index contributed by atoms with van der Waals surface area (Å²) in [5.74, 6) is 0. The van der Waals surface area contributed by atoms with Crippen LogP contribution in [0.4, 0.5) is 5.69 Å². The molecule has 1 aliphatic rings. The van der Waals surface area contributed by atoms with Gasteiger partial charge >= 0.3 is 0 Å². The zero-order chi connectivity index (χ0) is 14.8. The fourth-order valence-electron chi connectivity index (χ4n) is 3.12. The second-order valence-electron chi connectivity index (χ2n) is 5.74. The molecule has 3 rings (SSSR count). The molecule has 0 aliphatic carbocycles. The number of rotatable bonds is 4. The van der Waals surface area contributed by atoms with Crippen LogP contribution < -0.4 is 5.73 Å². The van der Waals surface area contributed by atoms with Gasteiger partial charge in [0.1, 0.15) is 0 Å². The van der Waals surface area contributed by atoms with Crippen molar-refractivity contribution in [1.29, 1.82) is 0 Å². The molecule has 0 bridgehead atoms. The van der Waals surface area contributed by atoms with Crippen molar-refractivity contribution < 1.29 is 0 Å². The van der Waals surface area contributed by atoms with Gasteiger partial charge in [-0.2, -0.15) is 5.10 Å². The molecule has 0 unspecified atom stereocenters. The summed E-state index contributed by atoms with van der Waals surface area (Å²) in [5, 5.41) is 4.64. The van der Waals surface area contributed by atoms with Crippen molar-refractivity contribution in [3.8, 4) is 0 Å². The first-order valence-electron chi connectivity index (χ1n) is 7.85. The van der Waals surface area contributed by atoms with Gasteiger partial charge in [0.2, 0.25) is 0 Å². The summed E-state index contributed by atoms with van der Waals surface area (Å²) in [7, 11) is 0. The van der Waals surface area contributed by atoms with E-state index in [2.05, 4.69) is 46.7 Å². The lowest BCUT2D eigenvalue weighted by Crippen LogP contribution is -2.31. The summed E-state index contributed by atoms with van der Waals surface area (Å²) in [6.45, 7) is 8.23. The lowest BCUT2D eigenvalue weighted by atomic mass is 9.98. The van der Waals surface area contributed by atoms with Gasteiger partial charge in [0.15, 0.2) is 0 Å². The van der Waals surface area contributed by atoms with E-state index in [0.717, 1.165) is 44.7 Å². The lowest BCUT2D eigenvalue weighted by Gasteiger charge is -2.29. The molecule has 4 heteroatoms. The van der Waals surface area contributed by atoms with Gasteiger partial charge in [-0.3, -0.25) is 9.58 Å². The Morgan fingerprint density at radius 2 is 2.14 bits per heavy atom. The van der Waals surface area contributed by atoms with Crippen LogP contribution in [0.25, 0.3) is 0 Å². The number of nitrogens with zero attached hydrogens (tertiary/aromatic N) is 3. The fourth-order valence-corrected chi connectivity index (χ4v) is 3.12. The summed E-state index contributed by atoms with van der Waals surface area (Å²) in [4.78, 5) is 2.47. The minimum absolute atomic E-state index is 0.926. The van der Waals surface area contributed by atoms with Gasteiger partial charge in [-0.1, -0.05) is 19.1 Å². The summed E-state index contributed by atoms with van der Waals surface area (Å²) < 4.78 is 2.13. The normalized spacial score (nSPS) is 15.1. The average Bonchev–Trinajstić information content (AvgIpc) is 2.90. The molecule has 2 aromatic rings. The van der Waals surface area contributed by atoms with Crippen molar-refractivity contribution >= 4 is 5.69 Å². The molecule has 4 nitrogen and oxygen atoms in total. The predicted octanol–water partition coefficient (Wildman–Crippen LogP) is 2.61. The van der Waals surface area contributed by atoms with Crippen LogP contribution in [0.1, 0.15) is 36.4 Å². The van der Waals surface area contributed by atoms with Crippen LogP contribution in [0.15, 0.2) is 24.3 Å². The molecule has 1 aromatic heterocycles. The van der Waals surface area contributed by atoms with Gasteiger partial charge in [0, 0.05) is 31.9 Å². The number of benzene rings is 1. The third-order valence-electron chi connectivity index (χ3n) is 4.35. The Hall–Kier alpha value is -1.81. The minimum Gasteiger partial charge on any atom is -0.398 e. The largest absolute Gasteiger partial charge is 0.398 e. The third kappa shape index (κ3) is 2.81. The Kier molecular flexibility index (Phi) is 3.97. The molecule has 0 radical (unpaired) electrons. The molecule has 0 spiro atoms. The Morgan fingerprint density at radius 1 is 1.29 bits per heavy atom. The number of hydrogen-bond acceptors (Lipinski definition) is 3. The van der Waals surface area contributed by atoms with Gasteiger partial charge in [0.25, 0.3) is 0 Å². The van der Waals surface area contributed by atoms with Crippen LogP contribution in [0, 0.1) is 0 Å². The zero-order valence-corrected chi connectivity index (χ0v) is 13.0. The van der Waals surface area contributed by atoms with E-state index in [4.69, 9.17) is 5.73 Å².